The zero-order valence-corrected chi connectivity index (χ0v) is 28.0. The maximum atomic E-state index is 9.92. The molecular formula is C35H28Br2N4Si. The standard InChI is InChI=1S/C35H28Br2N4Si/c1-22(2)42(23(3)4)34-17-24(33(21-40)25(19-38)20-39)5-15-31(34)32-16-14-30(18-35(32)42)41(28-10-6-26(36)7-11-28)29-12-8-27(37)9-13-29/h5-18,22-23H,1-4H3. The molecule has 1 aliphatic heterocycles. The van der Waals surface area contributed by atoms with Gasteiger partial charge in [0, 0.05) is 26.0 Å². The maximum absolute atomic E-state index is 9.92. The van der Waals surface area contributed by atoms with Gasteiger partial charge in [-0.15, -0.1) is 0 Å². The number of hydrogen-bond donors (Lipinski definition) is 0. The molecule has 0 aliphatic carbocycles. The van der Waals surface area contributed by atoms with Crippen LogP contribution in [0, 0.1) is 34.0 Å². The molecule has 4 nitrogen and oxygen atoms in total. The normalized spacial score (nSPS) is 12.6. The monoisotopic (exact) mass is 690 g/mol. The maximum Gasteiger partial charge on any atom is 0.148 e. The molecule has 0 bridgehead atoms. The van der Waals surface area contributed by atoms with Crippen molar-refractivity contribution in [2.24, 2.45) is 0 Å². The lowest BCUT2D eigenvalue weighted by Crippen LogP contribution is -2.60. The number of hydrogen-bond acceptors (Lipinski definition) is 4. The van der Waals surface area contributed by atoms with Crippen LogP contribution in [0.15, 0.2) is 99.4 Å². The molecule has 5 rings (SSSR count). The molecule has 0 fully saturated rings. The first-order valence-corrected chi connectivity index (χ1v) is 17.5. The van der Waals surface area contributed by atoms with E-state index in [1.165, 1.54) is 21.5 Å². The van der Waals surface area contributed by atoms with Crippen molar-refractivity contribution in [3.63, 3.8) is 0 Å². The van der Waals surface area contributed by atoms with E-state index in [0.29, 0.717) is 16.6 Å². The second-order valence-electron chi connectivity index (χ2n) is 11.0. The van der Waals surface area contributed by atoms with Crippen LogP contribution >= 0.6 is 31.9 Å². The molecule has 0 amide bonds. The molecule has 206 valence electrons. The van der Waals surface area contributed by atoms with Crippen molar-refractivity contribution >= 4 is 72.9 Å². The molecule has 0 saturated heterocycles. The molecule has 0 atom stereocenters. The predicted octanol–water partition coefficient (Wildman–Crippen LogP) is 9.37. The summed E-state index contributed by atoms with van der Waals surface area (Å²) in [6.45, 7) is 9.23. The zero-order chi connectivity index (χ0) is 30.2. The van der Waals surface area contributed by atoms with Gasteiger partial charge >= 0.3 is 0 Å². The number of rotatable bonds is 6. The van der Waals surface area contributed by atoms with Gasteiger partial charge in [-0.2, -0.15) is 15.8 Å². The molecule has 1 aliphatic rings. The summed E-state index contributed by atoms with van der Waals surface area (Å²) >= 11 is 7.16. The Bertz CT molecular complexity index is 1770. The Hall–Kier alpha value is -3.93. The molecule has 7 heteroatoms. The lowest BCUT2D eigenvalue weighted by atomic mass is 9.98. The average Bonchev–Trinajstić information content (AvgIpc) is 3.28. The Morgan fingerprint density at radius 3 is 1.52 bits per heavy atom. The van der Waals surface area contributed by atoms with Gasteiger partial charge in [0.25, 0.3) is 0 Å². The Morgan fingerprint density at radius 2 is 1.07 bits per heavy atom. The van der Waals surface area contributed by atoms with Gasteiger partial charge in [0.05, 0.1) is 5.57 Å². The van der Waals surface area contributed by atoms with Gasteiger partial charge in [0.15, 0.2) is 0 Å². The summed E-state index contributed by atoms with van der Waals surface area (Å²) in [6, 6.07) is 35.5. The molecular weight excluding hydrogens is 664 g/mol. The van der Waals surface area contributed by atoms with Crippen LogP contribution in [0.4, 0.5) is 17.1 Å². The van der Waals surface area contributed by atoms with Gasteiger partial charge in [-0.05, 0) is 98.8 Å². The number of halogens is 2. The second kappa shape index (κ2) is 11.7. The number of nitriles is 3. The van der Waals surface area contributed by atoms with Gasteiger partial charge in [0.1, 0.15) is 31.9 Å². The lowest BCUT2D eigenvalue weighted by molar-refractivity contribution is 0.930. The van der Waals surface area contributed by atoms with Gasteiger partial charge in [-0.25, -0.2) is 0 Å². The highest BCUT2D eigenvalue weighted by Gasteiger charge is 2.50. The van der Waals surface area contributed by atoms with E-state index in [-0.39, 0.29) is 11.1 Å². The van der Waals surface area contributed by atoms with E-state index in [2.05, 4.69) is 149 Å². The third-order valence-electron chi connectivity index (χ3n) is 8.33. The third-order valence-corrected chi connectivity index (χ3v) is 15.6. The number of fused-ring (bicyclic) bond motifs is 3. The fourth-order valence-corrected chi connectivity index (χ4v) is 13.4. The Morgan fingerprint density at radius 1 is 0.619 bits per heavy atom. The van der Waals surface area contributed by atoms with E-state index in [4.69, 9.17) is 0 Å². The largest absolute Gasteiger partial charge is 0.311 e. The van der Waals surface area contributed by atoms with Crippen molar-refractivity contribution < 1.29 is 0 Å². The Kier molecular flexibility index (Phi) is 8.27. The zero-order valence-electron chi connectivity index (χ0n) is 23.8. The highest BCUT2D eigenvalue weighted by Crippen LogP contribution is 2.44. The summed E-state index contributed by atoms with van der Waals surface area (Å²) in [5.41, 5.74) is 6.93. The number of nitrogens with zero attached hydrogens (tertiary/aromatic N) is 4. The molecule has 0 aromatic heterocycles. The van der Waals surface area contributed by atoms with Crippen LogP contribution < -0.4 is 15.3 Å². The van der Waals surface area contributed by atoms with Crippen LogP contribution in [0.25, 0.3) is 16.7 Å². The van der Waals surface area contributed by atoms with Crippen molar-refractivity contribution in [3.8, 4) is 29.3 Å². The van der Waals surface area contributed by atoms with Crippen molar-refractivity contribution in [2.45, 2.75) is 38.8 Å². The molecule has 0 N–H and O–H groups in total. The van der Waals surface area contributed by atoms with E-state index in [1.807, 2.05) is 18.2 Å². The smallest absolute Gasteiger partial charge is 0.148 e. The van der Waals surface area contributed by atoms with Crippen LogP contribution in [0.3, 0.4) is 0 Å². The number of allylic oxidation sites excluding steroid dienone is 2. The van der Waals surface area contributed by atoms with Crippen LogP contribution in [0.5, 0.6) is 0 Å². The highest BCUT2D eigenvalue weighted by atomic mass is 79.9. The minimum Gasteiger partial charge on any atom is -0.311 e. The molecule has 42 heavy (non-hydrogen) atoms. The first-order valence-electron chi connectivity index (χ1n) is 13.7. The molecule has 4 aromatic carbocycles. The van der Waals surface area contributed by atoms with Crippen molar-refractivity contribution in [3.05, 3.63) is 105 Å². The van der Waals surface area contributed by atoms with E-state index < -0.39 is 8.07 Å². The minimum atomic E-state index is -2.41. The first-order chi connectivity index (χ1) is 20.2. The minimum absolute atomic E-state index is 0.131. The summed E-state index contributed by atoms with van der Waals surface area (Å²) in [4.78, 5) is 2.29. The van der Waals surface area contributed by atoms with Crippen LogP contribution in [0.1, 0.15) is 33.3 Å². The van der Waals surface area contributed by atoms with E-state index in [0.717, 1.165) is 26.0 Å². The second-order valence-corrected chi connectivity index (χ2v) is 18.0. The van der Waals surface area contributed by atoms with E-state index in [9.17, 15) is 15.8 Å². The predicted molar refractivity (Wildman–Crippen MR) is 181 cm³/mol. The summed E-state index contributed by atoms with van der Waals surface area (Å²) in [5, 5.41) is 31.6. The number of anilines is 3. The fourth-order valence-electron chi connectivity index (χ4n) is 6.61. The molecule has 0 radical (unpaired) electrons. The van der Waals surface area contributed by atoms with Gasteiger partial charge in [-0.3, -0.25) is 0 Å². The Balaban J connectivity index is 1.77. The fraction of sp³-hybridized carbons (Fsp3) is 0.171. The Labute approximate surface area is 265 Å². The SMILES string of the molecule is CC(C)[Si]1(C(C)C)c2cc(C(C#N)=C(C#N)C#N)ccc2-c2ccc(N(c3ccc(Br)cc3)c3ccc(Br)cc3)cc21. The van der Waals surface area contributed by atoms with Gasteiger partial charge in [0.2, 0.25) is 0 Å². The molecule has 1 heterocycles. The summed E-state index contributed by atoms with van der Waals surface area (Å²) < 4.78 is 2.05. The first kappa shape index (κ1) is 29.6. The molecule has 0 unspecified atom stereocenters. The van der Waals surface area contributed by atoms with Gasteiger partial charge in [-0.1, -0.05) is 83.8 Å². The highest BCUT2D eigenvalue weighted by molar-refractivity contribution is 9.10. The number of benzene rings is 4. The van der Waals surface area contributed by atoms with Gasteiger partial charge < -0.3 is 4.90 Å². The average molecular weight is 693 g/mol. The molecule has 4 aromatic rings. The summed E-state index contributed by atoms with van der Waals surface area (Å²) in [7, 11) is -2.41. The summed E-state index contributed by atoms with van der Waals surface area (Å²) in [6.07, 6.45) is 0. The van der Waals surface area contributed by atoms with Crippen molar-refractivity contribution in [1.29, 1.82) is 15.8 Å². The quantitative estimate of drug-likeness (QED) is 0.149. The van der Waals surface area contributed by atoms with Crippen molar-refractivity contribution in [2.75, 3.05) is 4.90 Å². The van der Waals surface area contributed by atoms with Crippen LogP contribution in [0.2, 0.25) is 11.1 Å². The van der Waals surface area contributed by atoms with Crippen molar-refractivity contribution in [1.82, 2.24) is 0 Å². The summed E-state index contributed by atoms with van der Waals surface area (Å²) in [5.74, 6) is 0. The lowest BCUT2D eigenvalue weighted by Gasteiger charge is -2.38. The molecule has 0 spiro atoms. The van der Waals surface area contributed by atoms with Crippen LogP contribution in [-0.4, -0.2) is 8.07 Å². The topological polar surface area (TPSA) is 74.6 Å². The van der Waals surface area contributed by atoms with E-state index in [1.54, 1.807) is 0 Å². The van der Waals surface area contributed by atoms with Crippen LogP contribution in [-0.2, 0) is 0 Å². The molecule has 0 saturated carbocycles. The third kappa shape index (κ3) is 4.81. The van der Waals surface area contributed by atoms with E-state index >= 15 is 0 Å².